The van der Waals surface area contributed by atoms with Gasteiger partial charge < -0.3 is 5.32 Å². The Balaban J connectivity index is 2.47. The molecule has 23 heavy (non-hydrogen) atoms. The maximum atomic E-state index is 12.0. The van der Waals surface area contributed by atoms with Crippen LogP contribution in [-0.2, 0) is 4.79 Å². The van der Waals surface area contributed by atoms with E-state index in [0.717, 1.165) is 4.90 Å². The predicted octanol–water partition coefficient (Wildman–Crippen LogP) is 2.37. The number of hydrogen-bond donors (Lipinski definition) is 3. The molecule has 126 valence electrons. The summed E-state index contributed by atoms with van der Waals surface area (Å²) in [6.07, 6.45) is 0. The van der Waals surface area contributed by atoms with Crippen molar-refractivity contribution in [2.24, 2.45) is 0 Å². The third-order valence-corrected chi connectivity index (χ3v) is 3.83. The van der Waals surface area contributed by atoms with Gasteiger partial charge in [0.15, 0.2) is 5.11 Å². The molecule has 7 nitrogen and oxygen atoms in total. The highest BCUT2D eigenvalue weighted by Gasteiger charge is 2.16. The van der Waals surface area contributed by atoms with Crippen molar-refractivity contribution in [2.45, 2.75) is 43.4 Å². The zero-order chi connectivity index (χ0) is 17.6. The Bertz CT molecular complexity index is 585. The van der Waals surface area contributed by atoms with Crippen LogP contribution in [0.4, 0.5) is 5.69 Å². The third kappa shape index (κ3) is 7.29. The van der Waals surface area contributed by atoms with Crippen LogP contribution in [-0.4, -0.2) is 26.7 Å². The Labute approximate surface area is 144 Å². The van der Waals surface area contributed by atoms with Crippen LogP contribution in [0.5, 0.6) is 0 Å². The van der Waals surface area contributed by atoms with E-state index in [1.807, 2.05) is 20.8 Å². The molecule has 1 amide bonds. The van der Waals surface area contributed by atoms with Gasteiger partial charge in [0, 0.05) is 22.6 Å². The molecule has 1 aromatic rings. The quantitative estimate of drug-likeness (QED) is 0.330. The van der Waals surface area contributed by atoms with Crippen molar-refractivity contribution in [3.8, 4) is 0 Å². The number of carbonyl (C=O) groups excluding carboxylic acids is 1. The molecular weight excluding hydrogens is 336 g/mol. The Morgan fingerprint density at radius 3 is 2.30 bits per heavy atom. The molecule has 0 saturated carbocycles. The molecule has 0 aliphatic carbocycles. The van der Waals surface area contributed by atoms with Crippen molar-refractivity contribution in [1.29, 1.82) is 0 Å². The number of nitro groups is 1. The molecule has 9 heteroatoms. The number of nitrogens with zero attached hydrogens (tertiary/aromatic N) is 1. The van der Waals surface area contributed by atoms with Crippen LogP contribution in [0.2, 0.25) is 0 Å². The summed E-state index contributed by atoms with van der Waals surface area (Å²) in [5.41, 5.74) is 5.00. The van der Waals surface area contributed by atoms with E-state index in [1.165, 1.54) is 23.9 Å². The van der Waals surface area contributed by atoms with Crippen molar-refractivity contribution >= 4 is 40.7 Å². The summed E-state index contributed by atoms with van der Waals surface area (Å²) < 4.78 is 0. The van der Waals surface area contributed by atoms with Crippen LogP contribution in [0.15, 0.2) is 29.2 Å². The number of rotatable bonds is 4. The average Bonchev–Trinajstić information content (AvgIpc) is 2.43. The van der Waals surface area contributed by atoms with Gasteiger partial charge in [-0.15, -0.1) is 11.8 Å². The van der Waals surface area contributed by atoms with Gasteiger partial charge in [-0.3, -0.25) is 25.8 Å². The van der Waals surface area contributed by atoms with Crippen LogP contribution in [0.1, 0.15) is 27.7 Å². The predicted molar refractivity (Wildman–Crippen MR) is 95.2 cm³/mol. The maximum Gasteiger partial charge on any atom is 0.269 e. The van der Waals surface area contributed by atoms with E-state index >= 15 is 0 Å². The summed E-state index contributed by atoms with van der Waals surface area (Å²) in [7, 11) is 0. The number of thioether (sulfide) groups is 1. The molecule has 0 aliphatic heterocycles. The molecule has 0 heterocycles. The summed E-state index contributed by atoms with van der Waals surface area (Å²) in [4.78, 5) is 22.9. The second kappa shape index (κ2) is 8.11. The number of hydrogen-bond acceptors (Lipinski definition) is 5. The molecule has 0 spiro atoms. The van der Waals surface area contributed by atoms with Crippen LogP contribution >= 0.6 is 24.0 Å². The third-order valence-electron chi connectivity index (χ3n) is 2.52. The number of carbonyl (C=O) groups is 1. The number of thiocarbonyl (C=S) groups is 1. The van der Waals surface area contributed by atoms with E-state index < -0.39 is 4.92 Å². The van der Waals surface area contributed by atoms with E-state index in [0.29, 0.717) is 5.11 Å². The number of benzene rings is 1. The second-order valence-electron chi connectivity index (χ2n) is 5.83. The minimum absolute atomic E-state index is 0.0201. The van der Waals surface area contributed by atoms with Gasteiger partial charge in [0.25, 0.3) is 11.6 Å². The standard InChI is InChI=1S/C14H20N4O3S2/c1-9(12(19)16-17-13(22)15-14(2,3)4)23-11-7-5-10(6-8-11)18(20)21/h5-9H,1-4H3,(H,16,19)(H2,15,17,22)/t9-/m1/s1. The van der Waals surface area contributed by atoms with Crippen molar-refractivity contribution in [3.05, 3.63) is 34.4 Å². The van der Waals surface area contributed by atoms with Crippen molar-refractivity contribution in [2.75, 3.05) is 0 Å². The van der Waals surface area contributed by atoms with Crippen LogP contribution in [0.25, 0.3) is 0 Å². The fourth-order valence-corrected chi connectivity index (χ4v) is 2.72. The first kappa shape index (κ1) is 19.2. The van der Waals surface area contributed by atoms with Crippen molar-refractivity contribution in [1.82, 2.24) is 16.2 Å². The lowest BCUT2D eigenvalue weighted by molar-refractivity contribution is -0.384. The molecule has 1 rings (SSSR count). The Kier molecular flexibility index (Phi) is 6.77. The first-order valence-corrected chi connectivity index (χ1v) is 8.16. The molecular formula is C14H20N4O3S2. The van der Waals surface area contributed by atoms with Crippen LogP contribution in [0, 0.1) is 10.1 Å². The van der Waals surface area contributed by atoms with E-state index in [4.69, 9.17) is 12.2 Å². The maximum absolute atomic E-state index is 12.0. The van der Waals surface area contributed by atoms with Crippen LogP contribution < -0.4 is 16.2 Å². The highest BCUT2D eigenvalue weighted by Crippen LogP contribution is 2.25. The normalized spacial score (nSPS) is 12.2. The Morgan fingerprint density at radius 1 is 1.26 bits per heavy atom. The minimum atomic E-state index is -0.461. The number of non-ortho nitro benzene ring substituents is 1. The first-order chi connectivity index (χ1) is 10.6. The van der Waals surface area contributed by atoms with Gasteiger partial charge in [-0.2, -0.15) is 0 Å². The van der Waals surface area contributed by atoms with E-state index in [2.05, 4.69) is 16.2 Å². The SMILES string of the molecule is C[C@@H](Sc1ccc([N+](=O)[O-])cc1)C(=O)NNC(=S)NC(C)(C)C. The lowest BCUT2D eigenvalue weighted by Crippen LogP contribution is -2.53. The molecule has 0 aliphatic rings. The van der Waals surface area contributed by atoms with Crippen molar-refractivity contribution < 1.29 is 9.72 Å². The molecule has 0 fully saturated rings. The highest BCUT2D eigenvalue weighted by molar-refractivity contribution is 8.00. The van der Waals surface area contributed by atoms with Crippen molar-refractivity contribution in [3.63, 3.8) is 0 Å². The molecule has 0 bridgehead atoms. The van der Waals surface area contributed by atoms with Crippen LogP contribution in [0.3, 0.4) is 0 Å². The summed E-state index contributed by atoms with van der Waals surface area (Å²) in [5, 5.41) is 13.6. The molecule has 0 aromatic heterocycles. The Morgan fingerprint density at radius 2 is 1.83 bits per heavy atom. The lowest BCUT2D eigenvalue weighted by atomic mass is 10.1. The lowest BCUT2D eigenvalue weighted by Gasteiger charge is -2.23. The first-order valence-electron chi connectivity index (χ1n) is 6.87. The summed E-state index contributed by atoms with van der Waals surface area (Å²) in [6.45, 7) is 7.60. The van der Waals surface area contributed by atoms with Gasteiger partial charge in [0.2, 0.25) is 0 Å². The van der Waals surface area contributed by atoms with Gasteiger partial charge in [0.05, 0.1) is 10.2 Å². The smallest absolute Gasteiger partial charge is 0.269 e. The Hall–Kier alpha value is -1.87. The molecule has 1 aromatic carbocycles. The summed E-state index contributed by atoms with van der Waals surface area (Å²) in [5.74, 6) is -0.244. The zero-order valence-corrected chi connectivity index (χ0v) is 15.0. The molecule has 3 N–H and O–H groups in total. The molecule has 0 unspecified atom stereocenters. The van der Waals surface area contributed by atoms with E-state index in [-0.39, 0.29) is 22.4 Å². The second-order valence-corrected chi connectivity index (χ2v) is 7.65. The monoisotopic (exact) mass is 356 g/mol. The fourth-order valence-electron chi connectivity index (χ4n) is 1.50. The highest BCUT2D eigenvalue weighted by atomic mass is 32.2. The van der Waals surface area contributed by atoms with Gasteiger partial charge in [-0.05, 0) is 52.0 Å². The largest absolute Gasteiger partial charge is 0.357 e. The van der Waals surface area contributed by atoms with Gasteiger partial charge in [-0.1, -0.05) is 0 Å². The average molecular weight is 356 g/mol. The number of hydrazine groups is 1. The summed E-state index contributed by atoms with van der Waals surface area (Å²) in [6, 6.07) is 6.05. The minimum Gasteiger partial charge on any atom is -0.357 e. The molecule has 0 radical (unpaired) electrons. The van der Waals surface area contributed by atoms with Gasteiger partial charge >= 0.3 is 0 Å². The van der Waals surface area contributed by atoms with E-state index in [9.17, 15) is 14.9 Å². The fraction of sp³-hybridized carbons (Fsp3) is 0.429. The number of nitro benzene ring substituents is 1. The number of nitrogens with one attached hydrogen (secondary N) is 3. The number of amides is 1. The summed E-state index contributed by atoms with van der Waals surface area (Å²) >= 11 is 6.37. The van der Waals surface area contributed by atoms with Gasteiger partial charge in [-0.25, -0.2) is 0 Å². The van der Waals surface area contributed by atoms with Gasteiger partial charge in [0.1, 0.15) is 0 Å². The van der Waals surface area contributed by atoms with E-state index in [1.54, 1.807) is 19.1 Å². The molecule has 0 saturated heterocycles. The topological polar surface area (TPSA) is 96.3 Å². The molecule has 1 atom stereocenters. The zero-order valence-electron chi connectivity index (χ0n) is 13.4.